The second-order valence-corrected chi connectivity index (χ2v) is 6.11. The monoisotopic (exact) mass is 280 g/mol. The van der Waals surface area contributed by atoms with Gasteiger partial charge in [0.15, 0.2) is 0 Å². The van der Waals surface area contributed by atoms with E-state index in [9.17, 15) is 0 Å². The number of rotatable bonds is 4. The van der Waals surface area contributed by atoms with Crippen LogP contribution in [-0.2, 0) is 0 Å². The summed E-state index contributed by atoms with van der Waals surface area (Å²) in [5.41, 5.74) is 5.93. The Morgan fingerprint density at radius 3 is 2.10 bits per heavy atom. The molecule has 0 atom stereocenters. The lowest BCUT2D eigenvalue weighted by molar-refractivity contribution is 0.832. The van der Waals surface area contributed by atoms with Gasteiger partial charge in [-0.1, -0.05) is 51.5 Å². The Bertz CT molecular complexity index is 596. The summed E-state index contributed by atoms with van der Waals surface area (Å²) in [6.45, 7) is 11.0. The molecule has 0 bridgehead atoms. The van der Waals surface area contributed by atoms with E-state index < -0.39 is 0 Å². The van der Waals surface area contributed by atoms with Crippen LogP contribution in [0.4, 0.5) is 5.69 Å². The first-order valence-electron chi connectivity index (χ1n) is 7.58. The fraction of sp³-hybridized carbons (Fsp3) is 0.368. The van der Waals surface area contributed by atoms with Crippen LogP contribution >= 0.6 is 0 Å². The molecular weight excluding hydrogens is 256 g/mol. The van der Waals surface area contributed by atoms with E-state index in [-0.39, 0.29) is 0 Å². The predicted octanol–water partition coefficient (Wildman–Crippen LogP) is 5.39. The van der Waals surface area contributed by atoms with Gasteiger partial charge in [-0.15, -0.1) is 0 Å². The molecular formula is C19H24N2. The van der Waals surface area contributed by atoms with Crippen LogP contribution in [-0.4, -0.2) is 11.2 Å². The molecule has 2 rings (SSSR count). The van der Waals surface area contributed by atoms with Crippen molar-refractivity contribution < 1.29 is 0 Å². The lowest BCUT2D eigenvalue weighted by atomic mass is 9.91. The van der Waals surface area contributed by atoms with Crippen LogP contribution in [0, 0.1) is 6.92 Å². The van der Waals surface area contributed by atoms with Crippen LogP contribution in [0.5, 0.6) is 0 Å². The molecule has 0 aliphatic rings. The fourth-order valence-corrected chi connectivity index (χ4v) is 2.45. The van der Waals surface area contributed by atoms with Crippen LogP contribution in [0.2, 0.25) is 0 Å². The lowest BCUT2D eigenvalue weighted by Gasteiger charge is -2.17. The van der Waals surface area contributed by atoms with Gasteiger partial charge in [0.1, 0.15) is 0 Å². The molecule has 0 saturated carbocycles. The van der Waals surface area contributed by atoms with Crippen molar-refractivity contribution in [3.05, 3.63) is 58.9 Å². The zero-order valence-corrected chi connectivity index (χ0v) is 13.6. The molecule has 1 aromatic heterocycles. The molecule has 0 fully saturated rings. The van der Waals surface area contributed by atoms with E-state index in [2.05, 4.69) is 51.7 Å². The Morgan fingerprint density at radius 2 is 1.62 bits per heavy atom. The SMILES string of the molecule is Cc1cc(C(C)C)c(N=Cc2ccccn2)c(C(C)C)c1. The van der Waals surface area contributed by atoms with E-state index in [1.807, 2.05) is 24.4 Å². The number of aliphatic imine (C=N–C) groups is 1. The molecule has 110 valence electrons. The van der Waals surface area contributed by atoms with Crippen molar-refractivity contribution in [1.29, 1.82) is 0 Å². The first-order valence-corrected chi connectivity index (χ1v) is 7.58. The van der Waals surface area contributed by atoms with Crippen LogP contribution < -0.4 is 0 Å². The van der Waals surface area contributed by atoms with Gasteiger partial charge in [0.05, 0.1) is 17.6 Å². The maximum Gasteiger partial charge on any atom is 0.0812 e. The number of nitrogens with zero attached hydrogens (tertiary/aromatic N) is 2. The minimum Gasteiger partial charge on any atom is -0.255 e. The molecule has 0 saturated heterocycles. The zero-order valence-electron chi connectivity index (χ0n) is 13.6. The largest absolute Gasteiger partial charge is 0.255 e. The van der Waals surface area contributed by atoms with E-state index in [4.69, 9.17) is 4.99 Å². The minimum absolute atomic E-state index is 0.457. The number of aromatic nitrogens is 1. The van der Waals surface area contributed by atoms with Crippen LogP contribution in [0.1, 0.15) is 61.9 Å². The highest BCUT2D eigenvalue weighted by molar-refractivity contribution is 5.80. The van der Waals surface area contributed by atoms with E-state index >= 15 is 0 Å². The first kappa shape index (κ1) is 15.4. The Balaban J connectivity index is 2.52. The number of hydrogen-bond acceptors (Lipinski definition) is 2. The molecule has 2 heteroatoms. The average molecular weight is 280 g/mol. The van der Waals surface area contributed by atoms with Gasteiger partial charge in [0.25, 0.3) is 0 Å². The Morgan fingerprint density at radius 1 is 1.00 bits per heavy atom. The smallest absolute Gasteiger partial charge is 0.0812 e. The number of benzene rings is 1. The molecule has 1 aromatic carbocycles. The topological polar surface area (TPSA) is 25.2 Å². The van der Waals surface area contributed by atoms with Crippen molar-refractivity contribution in [3.63, 3.8) is 0 Å². The molecule has 0 unspecified atom stereocenters. The molecule has 0 amide bonds. The van der Waals surface area contributed by atoms with E-state index in [0.29, 0.717) is 11.8 Å². The standard InChI is InChI=1S/C19H24N2/c1-13(2)17-10-15(5)11-18(14(3)4)19(17)21-12-16-8-6-7-9-20-16/h6-14H,1-5H3. The van der Waals surface area contributed by atoms with Crippen molar-refractivity contribution in [2.75, 3.05) is 0 Å². The van der Waals surface area contributed by atoms with E-state index in [1.165, 1.54) is 16.7 Å². The molecule has 21 heavy (non-hydrogen) atoms. The summed E-state index contributed by atoms with van der Waals surface area (Å²) < 4.78 is 0. The number of hydrogen-bond donors (Lipinski definition) is 0. The summed E-state index contributed by atoms with van der Waals surface area (Å²) in [6, 6.07) is 10.4. The van der Waals surface area contributed by atoms with Gasteiger partial charge in [-0.05, 0) is 42.0 Å². The number of pyridine rings is 1. The summed E-state index contributed by atoms with van der Waals surface area (Å²) in [5.74, 6) is 0.913. The summed E-state index contributed by atoms with van der Waals surface area (Å²) >= 11 is 0. The third kappa shape index (κ3) is 3.78. The van der Waals surface area contributed by atoms with Gasteiger partial charge < -0.3 is 0 Å². The Hall–Kier alpha value is -1.96. The molecule has 0 spiro atoms. The maximum absolute atomic E-state index is 4.77. The van der Waals surface area contributed by atoms with Crippen molar-refractivity contribution in [3.8, 4) is 0 Å². The third-order valence-electron chi connectivity index (χ3n) is 3.57. The second-order valence-electron chi connectivity index (χ2n) is 6.11. The quantitative estimate of drug-likeness (QED) is 0.689. The van der Waals surface area contributed by atoms with Crippen molar-refractivity contribution in [1.82, 2.24) is 4.98 Å². The lowest BCUT2D eigenvalue weighted by Crippen LogP contribution is -1.98. The maximum atomic E-state index is 4.77. The molecule has 0 N–H and O–H groups in total. The fourth-order valence-electron chi connectivity index (χ4n) is 2.45. The highest BCUT2D eigenvalue weighted by Gasteiger charge is 2.14. The summed E-state index contributed by atoms with van der Waals surface area (Å²) in [4.78, 5) is 9.08. The summed E-state index contributed by atoms with van der Waals surface area (Å²) in [6.07, 6.45) is 3.66. The molecule has 0 aliphatic carbocycles. The average Bonchev–Trinajstić information content (AvgIpc) is 2.46. The summed E-state index contributed by atoms with van der Waals surface area (Å²) in [7, 11) is 0. The Kier molecular flexibility index (Phi) is 4.89. The highest BCUT2D eigenvalue weighted by Crippen LogP contribution is 2.35. The second kappa shape index (κ2) is 6.66. The highest BCUT2D eigenvalue weighted by atomic mass is 14.8. The molecule has 2 aromatic rings. The van der Waals surface area contributed by atoms with Gasteiger partial charge in [0.2, 0.25) is 0 Å². The van der Waals surface area contributed by atoms with Gasteiger partial charge in [0, 0.05) is 6.20 Å². The predicted molar refractivity (Wildman–Crippen MR) is 90.8 cm³/mol. The van der Waals surface area contributed by atoms with E-state index in [1.54, 1.807) is 6.20 Å². The normalized spacial score (nSPS) is 11.8. The zero-order chi connectivity index (χ0) is 15.4. The van der Waals surface area contributed by atoms with Gasteiger partial charge in [-0.2, -0.15) is 0 Å². The van der Waals surface area contributed by atoms with Gasteiger partial charge in [-0.3, -0.25) is 9.98 Å². The van der Waals surface area contributed by atoms with E-state index in [0.717, 1.165) is 11.4 Å². The Labute approximate surface area is 128 Å². The molecule has 1 heterocycles. The first-order chi connectivity index (χ1) is 9.99. The minimum atomic E-state index is 0.457. The van der Waals surface area contributed by atoms with Gasteiger partial charge in [-0.25, -0.2) is 0 Å². The van der Waals surface area contributed by atoms with Crippen LogP contribution in [0.3, 0.4) is 0 Å². The van der Waals surface area contributed by atoms with Crippen molar-refractivity contribution >= 4 is 11.9 Å². The van der Waals surface area contributed by atoms with Crippen LogP contribution in [0.15, 0.2) is 41.5 Å². The van der Waals surface area contributed by atoms with Gasteiger partial charge >= 0.3 is 0 Å². The number of aryl methyl sites for hydroxylation is 1. The third-order valence-corrected chi connectivity index (χ3v) is 3.57. The van der Waals surface area contributed by atoms with Crippen molar-refractivity contribution in [2.45, 2.75) is 46.5 Å². The van der Waals surface area contributed by atoms with Crippen molar-refractivity contribution in [2.24, 2.45) is 4.99 Å². The molecule has 0 radical (unpaired) electrons. The van der Waals surface area contributed by atoms with Crippen LogP contribution in [0.25, 0.3) is 0 Å². The molecule has 2 nitrogen and oxygen atoms in total. The summed E-state index contributed by atoms with van der Waals surface area (Å²) in [5, 5.41) is 0. The molecule has 0 aliphatic heterocycles.